The number of ether oxygens (including phenoxy) is 1. The third-order valence-corrected chi connectivity index (χ3v) is 11.2. The van der Waals surface area contributed by atoms with Crippen LogP contribution in [0.25, 0.3) is 0 Å². The predicted octanol–water partition coefficient (Wildman–Crippen LogP) is 4.61. The molecule has 3 unspecified atom stereocenters. The molecule has 1 aromatic carbocycles. The molecule has 2 bridgehead atoms. The molecule has 1 aromatic rings. The lowest BCUT2D eigenvalue weighted by Crippen LogP contribution is -2.55. The number of fused-ring (bicyclic) bond motifs is 1. The van der Waals surface area contributed by atoms with Gasteiger partial charge in [0.05, 0.1) is 33.9 Å². The van der Waals surface area contributed by atoms with E-state index in [1.165, 1.54) is 0 Å². The number of alkyl halides is 1. The molecule has 7 nitrogen and oxygen atoms in total. The van der Waals surface area contributed by atoms with Gasteiger partial charge >= 0.3 is 5.97 Å². The molecular formula is C28H34BrClN2O5S. The fourth-order valence-electron chi connectivity index (χ4n) is 6.07. The predicted molar refractivity (Wildman–Crippen MR) is 155 cm³/mol. The van der Waals surface area contributed by atoms with Gasteiger partial charge in [-0.05, 0) is 44.2 Å². The van der Waals surface area contributed by atoms with Crippen LogP contribution in [0.1, 0.15) is 32.1 Å². The summed E-state index contributed by atoms with van der Waals surface area (Å²) in [5.74, 6) is -2.19. The quantitative estimate of drug-likeness (QED) is 0.149. The molecule has 3 fully saturated rings. The van der Waals surface area contributed by atoms with Crippen LogP contribution >= 0.6 is 39.3 Å². The number of halogens is 2. The molecular weight excluding hydrogens is 592 g/mol. The van der Waals surface area contributed by atoms with Gasteiger partial charge < -0.3 is 19.6 Å². The number of aliphatic hydroxyl groups excluding tert-OH is 1. The first-order valence-corrected chi connectivity index (χ1v) is 15.2. The van der Waals surface area contributed by atoms with Crippen LogP contribution in [0.4, 0.5) is 5.69 Å². The summed E-state index contributed by atoms with van der Waals surface area (Å²) in [6.07, 6.45) is 6.81. The lowest BCUT2D eigenvalue weighted by Gasteiger charge is -2.38. The normalized spacial score (nSPS) is 29.3. The van der Waals surface area contributed by atoms with Crippen LogP contribution in [0.2, 0.25) is 5.02 Å². The topological polar surface area (TPSA) is 87.1 Å². The largest absolute Gasteiger partial charge is 0.465 e. The van der Waals surface area contributed by atoms with Crippen LogP contribution in [0, 0.1) is 11.8 Å². The summed E-state index contributed by atoms with van der Waals surface area (Å²) in [6, 6.07) is 6.27. The minimum Gasteiger partial charge on any atom is -0.465 e. The lowest BCUT2D eigenvalue weighted by atomic mass is 9.71. The average molecular weight is 626 g/mol. The number of allylic oxidation sites excluding steroid dienone is 1. The summed E-state index contributed by atoms with van der Waals surface area (Å²) in [4.78, 5) is 44.9. The van der Waals surface area contributed by atoms with Crippen LogP contribution in [-0.4, -0.2) is 75.0 Å². The molecule has 10 heteroatoms. The summed E-state index contributed by atoms with van der Waals surface area (Å²) in [5.41, 5.74) is 0.539. The average Bonchev–Trinajstić information content (AvgIpc) is 3.49. The highest BCUT2D eigenvalue weighted by Gasteiger charge is 2.76. The minimum atomic E-state index is -0.816. The molecule has 0 radical (unpaired) electrons. The monoisotopic (exact) mass is 624 g/mol. The van der Waals surface area contributed by atoms with Gasteiger partial charge in [0.1, 0.15) is 6.04 Å². The van der Waals surface area contributed by atoms with E-state index >= 15 is 0 Å². The number of anilines is 1. The molecule has 1 spiro atoms. The SMILES string of the molecule is C=CCCCCOC(=O)[C@H]1[C@H]2C(=O)N(CCCO)C(C(=O)N(CC=C)c3ccccc3Cl)C23CC(Br)[C@@H]1S3. The smallest absolute Gasteiger partial charge is 0.310 e. The Hall–Kier alpha value is -1.81. The number of carbonyl (C=O) groups is 3. The number of carbonyl (C=O) groups excluding carboxylic acids is 3. The zero-order chi connectivity index (χ0) is 27.4. The number of rotatable bonds is 13. The van der Waals surface area contributed by atoms with Crippen LogP contribution in [0.15, 0.2) is 49.6 Å². The number of thioether (sulfide) groups is 1. The first kappa shape index (κ1) is 29.2. The molecule has 3 aliphatic rings. The Labute approximate surface area is 241 Å². The molecule has 0 saturated carbocycles. The van der Waals surface area contributed by atoms with E-state index < -0.39 is 22.6 Å². The van der Waals surface area contributed by atoms with E-state index in [-0.39, 0.29) is 54.2 Å². The maximum atomic E-state index is 14.4. The van der Waals surface area contributed by atoms with Gasteiger partial charge in [-0.1, -0.05) is 51.8 Å². The van der Waals surface area contributed by atoms with Crippen molar-refractivity contribution in [2.45, 2.75) is 53.0 Å². The summed E-state index contributed by atoms with van der Waals surface area (Å²) < 4.78 is 4.87. The van der Waals surface area contributed by atoms with Gasteiger partial charge in [-0.15, -0.1) is 24.9 Å². The van der Waals surface area contributed by atoms with Crippen molar-refractivity contribution in [1.82, 2.24) is 4.90 Å². The molecule has 6 atom stereocenters. The van der Waals surface area contributed by atoms with E-state index in [0.29, 0.717) is 23.6 Å². The number of aliphatic hydroxyl groups is 1. The minimum absolute atomic E-state index is 0.0453. The Morgan fingerprint density at radius 1 is 1.26 bits per heavy atom. The first-order valence-electron chi connectivity index (χ1n) is 13.0. The second-order valence-corrected chi connectivity index (χ2v) is 13.0. The highest BCUT2D eigenvalue weighted by Crippen LogP contribution is 2.68. The van der Waals surface area contributed by atoms with Crippen molar-refractivity contribution in [3.63, 3.8) is 0 Å². The van der Waals surface area contributed by atoms with Crippen LogP contribution < -0.4 is 4.90 Å². The van der Waals surface area contributed by atoms with Crippen molar-refractivity contribution < 1.29 is 24.2 Å². The van der Waals surface area contributed by atoms with Gasteiger partial charge in [-0.2, -0.15) is 0 Å². The molecule has 0 aromatic heterocycles. The van der Waals surface area contributed by atoms with Crippen molar-refractivity contribution in [1.29, 1.82) is 0 Å². The van der Waals surface area contributed by atoms with E-state index in [0.717, 1.165) is 19.3 Å². The number of esters is 1. The van der Waals surface area contributed by atoms with Crippen molar-refractivity contribution in [3.05, 3.63) is 54.6 Å². The van der Waals surface area contributed by atoms with Crippen molar-refractivity contribution in [2.75, 3.05) is 31.2 Å². The molecule has 0 aliphatic carbocycles. The van der Waals surface area contributed by atoms with Gasteiger partial charge in [0.2, 0.25) is 5.91 Å². The number of amides is 2. The van der Waals surface area contributed by atoms with Gasteiger partial charge in [0.15, 0.2) is 0 Å². The second-order valence-electron chi connectivity index (χ2n) is 9.91. The number of nitrogens with zero attached hydrogens (tertiary/aromatic N) is 2. The van der Waals surface area contributed by atoms with E-state index in [1.54, 1.807) is 51.9 Å². The summed E-state index contributed by atoms with van der Waals surface area (Å²) >= 11 is 11.8. The number of para-hydroxylation sites is 1. The molecule has 3 saturated heterocycles. The third kappa shape index (κ3) is 5.19. The molecule has 2 amide bonds. The molecule has 38 heavy (non-hydrogen) atoms. The third-order valence-electron chi connectivity index (χ3n) is 7.62. The van der Waals surface area contributed by atoms with E-state index in [4.69, 9.17) is 16.3 Å². The Bertz CT molecular complexity index is 1090. The number of hydrogen-bond donors (Lipinski definition) is 1. The lowest BCUT2D eigenvalue weighted by molar-refractivity contribution is -0.154. The number of hydrogen-bond acceptors (Lipinski definition) is 6. The summed E-state index contributed by atoms with van der Waals surface area (Å²) in [7, 11) is 0. The summed E-state index contributed by atoms with van der Waals surface area (Å²) in [6.45, 7) is 8.14. The Morgan fingerprint density at radius 2 is 2.03 bits per heavy atom. The fraction of sp³-hybridized carbons (Fsp3) is 0.536. The van der Waals surface area contributed by atoms with Gasteiger partial charge in [-0.25, -0.2) is 0 Å². The standard InChI is InChI=1S/C28H34BrClN2O5S/c1-3-5-6-9-16-37-27(36)21-22-25(34)32(14-10-15-33)24(28(22)17-18(29)23(21)38-28)26(35)31(13-4-2)20-12-8-7-11-19(20)30/h3-4,7-8,11-12,18,21-24,33H,1-2,5-6,9-10,13-17H2/t18?,21-,22-,23-,24?,28?/m0/s1. The molecule has 3 heterocycles. The zero-order valence-corrected chi connectivity index (χ0v) is 24.4. The molecule has 206 valence electrons. The highest BCUT2D eigenvalue weighted by molar-refractivity contribution is 9.09. The zero-order valence-electron chi connectivity index (χ0n) is 21.3. The van der Waals surface area contributed by atoms with E-state index in [9.17, 15) is 19.5 Å². The Balaban J connectivity index is 1.69. The van der Waals surface area contributed by atoms with E-state index in [2.05, 4.69) is 29.1 Å². The van der Waals surface area contributed by atoms with Crippen molar-refractivity contribution in [2.24, 2.45) is 11.8 Å². The maximum absolute atomic E-state index is 14.4. The fourth-order valence-corrected chi connectivity index (χ4v) is 9.91. The number of unbranched alkanes of at least 4 members (excludes halogenated alkanes) is 2. The summed E-state index contributed by atoms with van der Waals surface area (Å²) in [5, 5.41) is 9.81. The molecule has 3 aliphatic heterocycles. The number of benzene rings is 1. The maximum Gasteiger partial charge on any atom is 0.310 e. The van der Waals surface area contributed by atoms with E-state index in [1.807, 2.05) is 6.08 Å². The van der Waals surface area contributed by atoms with Gasteiger partial charge in [-0.3, -0.25) is 14.4 Å². The molecule has 1 N–H and O–H groups in total. The van der Waals surface area contributed by atoms with Gasteiger partial charge in [0, 0.05) is 29.8 Å². The molecule has 4 rings (SSSR count). The second kappa shape index (κ2) is 12.6. The number of likely N-dealkylation sites (tertiary alicyclic amines) is 1. The van der Waals surface area contributed by atoms with Crippen LogP contribution in [0.3, 0.4) is 0 Å². The van der Waals surface area contributed by atoms with Crippen LogP contribution in [0.5, 0.6) is 0 Å². The highest BCUT2D eigenvalue weighted by atomic mass is 79.9. The Morgan fingerprint density at radius 3 is 2.71 bits per heavy atom. The van der Waals surface area contributed by atoms with Crippen molar-refractivity contribution in [3.8, 4) is 0 Å². The Kier molecular flexibility index (Phi) is 9.66. The van der Waals surface area contributed by atoms with Crippen LogP contribution in [-0.2, 0) is 19.1 Å². The van der Waals surface area contributed by atoms with Gasteiger partial charge in [0.25, 0.3) is 5.91 Å². The van der Waals surface area contributed by atoms with Crippen molar-refractivity contribution >= 4 is 62.8 Å². The first-order chi connectivity index (χ1) is 18.3.